The second-order valence-corrected chi connectivity index (χ2v) is 6.89. The first kappa shape index (κ1) is 21.7. The van der Waals surface area contributed by atoms with Crippen LogP contribution in [0.1, 0.15) is 11.3 Å². The highest BCUT2D eigenvalue weighted by Gasteiger charge is 2.04. The molecule has 0 aliphatic rings. The Labute approximate surface area is 181 Å². The molecule has 2 heterocycles. The van der Waals surface area contributed by atoms with Gasteiger partial charge in [0.15, 0.2) is 0 Å². The van der Waals surface area contributed by atoms with Gasteiger partial charge < -0.3 is 10.1 Å². The average molecular weight is 424 g/mol. The van der Waals surface area contributed by atoms with Crippen LogP contribution < -0.4 is 10.1 Å². The van der Waals surface area contributed by atoms with Gasteiger partial charge in [-0.25, -0.2) is 9.37 Å². The van der Waals surface area contributed by atoms with Gasteiger partial charge in [-0.3, -0.25) is 4.98 Å². The maximum Gasteiger partial charge on any atom is 0.145 e. The summed E-state index contributed by atoms with van der Waals surface area (Å²) in [5, 5.41) is 4.45. The molecule has 1 N–H and O–H groups in total. The van der Waals surface area contributed by atoms with E-state index in [2.05, 4.69) is 27.4 Å². The summed E-state index contributed by atoms with van der Waals surface area (Å²) < 4.78 is 19.0. The van der Waals surface area contributed by atoms with E-state index in [0.29, 0.717) is 19.7 Å². The molecule has 30 heavy (non-hydrogen) atoms. The molecule has 154 valence electrons. The first-order valence-corrected chi connectivity index (χ1v) is 9.59. The molecule has 0 spiro atoms. The van der Waals surface area contributed by atoms with Crippen molar-refractivity contribution in [2.45, 2.75) is 13.5 Å². The Morgan fingerprint density at radius 3 is 2.63 bits per heavy atom. The van der Waals surface area contributed by atoms with Gasteiger partial charge in [0.05, 0.1) is 0 Å². The zero-order valence-electron chi connectivity index (χ0n) is 16.6. The quantitative estimate of drug-likeness (QED) is 0.408. The smallest absolute Gasteiger partial charge is 0.145 e. The molecule has 0 bridgehead atoms. The van der Waals surface area contributed by atoms with E-state index >= 15 is 0 Å². The first-order chi connectivity index (χ1) is 14.2. The molecule has 4 rings (SSSR count). The van der Waals surface area contributed by atoms with Crippen LogP contribution in [0.2, 0.25) is 0 Å². The Morgan fingerprint density at radius 1 is 0.967 bits per heavy atom. The molecule has 0 aliphatic heterocycles. The standard InChI is InChI=1S/C24H22FN3O.ClH/c1-17-5-6-20-3-2-4-23(24(20)28-17)29-12-11-26-14-18-13-21(16-27-15-18)19-7-9-22(25)10-8-19;/h2-10,13,15-16,26H,11-12,14H2,1H3;1H. The van der Waals surface area contributed by atoms with Crippen molar-refractivity contribution >= 4 is 23.3 Å². The van der Waals surface area contributed by atoms with Crippen LogP contribution in [0.4, 0.5) is 4.39 Å². The molecule has 0 atom stereocenters. The fourth-order valence-corrected chi connectivity index (χ4v) is 3.18. The van der Waals surface area contributed by atoms with E-state index < -0.39 is 0 Å². The topological polar surface area (TPSA) is 47.0 Å². The van der Waals surface area contributed by atoms with Gasteiger partial charge in [-0.05, 0) is 48.4 Å². The Kier molecular flexibility index (Phi) is 7.33. The number of ether oxygens (including phenoxy) is 1. The van der Waals surface area contributed by atoms with Crippen LogP contribution in [0.3, 0.4) is 0 Å². The summed E-state index contributed by atoms with van der Waals surface area (Å²) in [7, 11) is 0. The molecule has 0 aliphatic carbocycles. The molecule has 4 aromatic rings. The van der Waals surface area contributed by atoms with Crippen LogP contribution in [0, 0.1) is 12.7 Å². The zero-order valence-corrected chi connectivity index (χ0v) is 17.5. The number of halogens is 2. The highest BCUT2D eigenvalue weighted by molar-refractivity contribution is 5.85. The molecule has 0 saturated carbocycles. The first-order valence-electron chi connectivity index (χ1n) is 9.59. The summed E-state index contributed by atoms with van der Waals surface area (Å²) in [5.74, 6) is 0.559. The summed E-state index contributed by atoms with van der Waals surface area (Å²) in [6.07, 6.45) is 3.62. The van der Waals surface area contributed by atoms with Crippen molar-refractivity contribution in [3.8, 4) is 16.9 Å². The predicted molar refractivity (Wildman–Crippen MR) is 121 cm³/mol. The van der Waals surface area contributed by atoms with Gasteiger partial charge in [0.1, 0.15) is 23.7 Å². The van der Waals surface area contributed by atoms with Gasteiger partial charge in [0.25, 0.3) is 0 Å². The molecule has 0 fully saturated rings. The number of hydrogen-bond acceptors (Lipinski definition) is 4. The summed E-state index contributed by atoms with van der Waals surface area (Å²) in [5.41, 5.74) is 4.85. The third-order valence-electron chi connectivity index (χ3n) is 4.66. The number of pyridine rings is 2. The maximum absolute atomic E-state index is 13.1. The summed E-state index contributed by atoms with van der Waals surface area (Å²) in [6.45, 7) is 3.90. The minimum atomic E-state index is -0.240. The number of nitrogens with zero attached hydrogens (tertiary/aromatic N) is 2. The zero-order chi connectivity index (χ0) is 20.1. The number of aryl methyl sites for hydroxylation is 1. The van der Waals surface area contributed by atoms with Crippen LogP contribution in [0.15, 0.2) is 73.1 Å². The van der Waals surface area contributed by atoms with Gasteiger partial charge in [-0.15, -0.1) is 12.4 Å². The van der Waals surface area contributed by atoms with Crippen molar-refractivity contribution in [3.05, 3.63) is 90.1 Å². The normalized spacial score (nSPS) is 10.6. The number of fused-ring (bicyclic) bond motifs is 1. The Bertz CT molecular complexity index is 1120. The Hall–Kier alpha value is -3.02. The number of aromatic nitrogens is 2. The summed E-state index contributed by atoms with van der Waals surface area (Å²) in [6, 6.07) is 18.5. The van der Waals surface area contributed by atoms with Gasteiger partial charge in [0.2, 0.25) is 0 Å². The molecule has 6 heteroatoms. The molecule has 0 amide bonds. The highest BCUT2D eigenvalue weighted by Crippen LogP contribution is 2.24. The maximum atomic E-state index is 13.1. The lowest BCUT2D eigenvalue weighted by Gasteiger charge is -2.10. The highest BCUT2D eigenvalue weighted by atomic mass is 35.5. The number of para-hydroxylation sites is 1. The monoisotopic (exact) mass is 423 g/mol. The fraction of sp³-hybridized carbons (Fsp3) is 0.167. The van der Waals surface area contributed by atoms with E-state index in [1.165, 1.54) is 12.1 Å². The van der Waals surface area contributed by atoms with Crippen LogP contribution >= 0.6 is 12.4 Å². The molecule has 2 aromatic heterocycles. The number of hydrogen-bond donors (Lipinski definition) is 1. The van der Waals surface area contributed by atoms with Crippen molar-refractivity contribution < 1.29 is 9.13 Å². The lowest BCUT2D eigenvalue weighted by molar-refractivity contribution is 0.316. The van der Waals surface area contributed by atoms with Crippen molar-refractivity contribution in [1.82, 2.24) is 15.3 Å². The molecule has 4 nitrogen and oxygen atoms in total. The van der Waals surface area contributed by atoms with Gasteiger partial charge in [-0.2, -0.15) is 0 Å². The lowest BCUT2D eigenvalue weighted by atomic mass is 10.1. The second kappa shape index (κ2) is 10.1. The van der Waals surface area contributed by atoms with Crippen molar-refractivity contribution in [1.29, 1.82) is 0 Å². The molecule has 0 radical (unpaired) electrons. The van der Waals surface area contributed by atoms with Crippen molar-refractivity contribution in [3.63, 3.8) is 0 Å². The number of nitrogens with one attached hydrogen (secondary N) is 1. The molecule has 0 unspecified atom stereocenters. The van der Waals surface area contributed by atoms with E-state index in [9.17, 15) is 4.39 Å². The number of rotatable bonds is 7. The minimum Gasteiger partial charge on any atom is -0.490 e. The van der Waals surface area contributed by atoms with E-state index in [4.69, 9.17) is 4.74 Å². The third-order valence-corrected chi connectivity index (χ3v) is 4.66. The van der Waals surface area contributed by atoms with E-state index in [-0.39, 0.29) is 18.2 Å². The van der Waals surface area contributed by atoms with Crippen LogP contribution in [-0.4, -0.2) is 23.1 Å². The van der Waals surface area contributed by atoms with E-state index in [1.54, 1.807) is 18.3 Å². The van der Waals surface area contributed by atoms with Gasteiger partial charge in [-0.1, -0.05) is 30.3 Å². The van der Waals surface area contributed by atoms with Crippen LogP contribution in [-0.2, 0) is 6.54 Å². The largest absolute Gasteiger partial charge is 0.490 e. The Balaban J connectivity index is 0.00000256. The number of benzene rings is 2. The minimum absolute atomic E-state index is 0. The van der Waals surface area contributed by atoms with Crippen LogP contribution in [0.5, 0.6) is 5.75 Å². The van der Waals surface area contributed by atoms with Crippen molar-refractivity contribution in [2.24, 2.45) is 0 Å². The van der Waals surface area contributed by atoms with Crippen LogP contribution in [0.25, 0.3) is 22.0 Å². The van der Waals surface area contributed by atoms with Gasteiger partial charge >= 0.3 is 0 Å². The molecule has 0 saturated heterocycles. The summed E-state index contributed by atoms with van der Waals surface area (Å²) >= 11 is 0. The Morgan fingerprint density at radius 2 is 1.80 bits per heavy atom. The average Bonchev–Trinajstić information content (AvgIpc) is 2.74. The molecular formula is C24H23ClFN3O. The van der Waals surface area contributed by atoms with E-state index in [1.807, 2.05) is 37.4 Å². The molecular weight excluding hydrogens is 401 g/mol. The SMILES string of the molecule is Cc1ccc2cccc(OCCNCc3cncc(-c4ccc(F)cc4)c3)c2n1.Cl. The predicted octanol–water partition coefficient (Wildman–Crippen LogP) is 5.33. The van der Waals surface area contributed by atoms with E-state index in [0.717, 1.165) is 39.0 Å². The second-order valence-electron chi connectivity index (χ2n) is 6.89. The summed E-state index contributed by atoms with van der Waals surface area (Å²) in [4.78, 5) is 8.89. The van der Waals surface area contributed by atoms with Gasteiger partial charge in [0, 0.05) is 42.1 Å². The third kappa shape index (κ3) is 5.32. The molecule has 2 aromatic carbocycles. The fourth-order valence-electron chi connectivity index (χ4n) is 3.18. The van der Waals surface area contributed by atoms with Crippen molar-refractivity contribution in [2.75, 3.05) is 13.2 Å². The lowest BCUT2D eigenvalue weighted by Crippen LogP contribution is -2.20.